The lowest BCUT2D eigenvalue weighted by Crippen LogP contribution is -2.13. The van der Waals surface area contributed by atoms with Gasteiger partial charge in [0.2, 0.25) is 0 Å². The average molecular weight is 298 g/mol. The third-order valence-electron chi connectivity index (χ3n) is 4.39. The first-order valence-electron chi connectivity index (χ1n) is 7.73. The van der Waals surface area contributed by atoms with Gasteiger partial charge >= 0.3 is 0 Å². The highest BCUT2D eigenvalue weighted by Gasteiger charge is 2.21. The molecule has 0 radical (unpaired) electrons. The van der Waals surface area contributed by atoms with Crippen LogP contribution in [-0.2, 0) is 0 Å². The van der Waals surface area contributed by atoms with E-state index < -0.39 is 5.76 Å². The summed E-state index contributed by atoms with van der Waals surface area (Å²) in [5.41, 5.74) is 1.33. The van der Waals surface area contributed by atoms with Gasteiger partial charge in [0.05, 0.1) is 0 Å². The maximum absolute atomic E-state index is 12.3. The molecule has 1 aliphatic rings. The van der Waals surface area contributed by atoms with Gasteiger partial charge in [0.25, 0.3) is 5.76 Å². The number of alkyl halides is 2. The van der Waals surface area contributed by atoms with Gasteiger partial charge in [-0.1, -0.05) is 50.1 Å². The van der Waals surface area contributed by atoms with Crippen LogP contribution in [0.25, 0.3) is 0 Å². The number of unbranched alkanes of at least 4 members (excludes halogenated alkanes) is 1. The summed E-state index contributed by atoms with van der Waals surface area (Å²) in [6.45, 7) is 2.25. The Kier molecular flexibility index (Phi) is 6.34. The second-order valence-corrected chi connectivity index (χ2v) is 6.87. The van der Waals surface area contributed by atoms with E-state index in [2.05, 4.69) is 6.92 Å². The fourth-order valence-corrected chi connectivity index (χ4v) is 3.70. The molecule has 0 saturated heterocycles. The van der Waals surface area contributed by atoms with Crippen LogP contribution in [0.1, 0.15) is 63.4 Å². The Morgan fingerprint density at radius 1 is 1.10 bits per heavy atom. The molecule has 0 spiro atoms. The van der Waals surface area contributed by atoms with Crippen LogP contribution in [-0.4, -0.2) is 5.76 Å². The maximum atomic E-state index is 12.3. The number of thioether (sulfide) groups is 1. The minimum Gasteiger partial charge on any atom is -0.198 e. The van der Waals surface area contributed by atoms with E-state index in [0.29, 0.717) is 22.6 Å². The number of benzene rings is 1. The van der Waals surface area contributed by atoms with Gasteiger partial charge < -0.3 is 0 Å². The third kappa shape index (κ3) is 4.76. The lowest BCUT2D eigenvalue weighted by atomic mass is 9.77. The van der Waals surface area contributed by atoms with E-state index in [4.69, 9.17) is 0 Å². The van der Waals surface area contributed by atoms with E-state index in [1.807, 2.05) is 24.3 Å². The van der Waals surface area contributed by atoms with Gasteiger partial charge in [-0.25, -0.2) is 0 Å². The van der Waals surface area contributed by atoms with Crippen LogP contribution in [0.2, 0.25) is 0 Å². The first-order chi connectivity index (χ1) is 9.69. The molecule has 1 aromatic carbocycles. The van der Waals surface area contributed by atoms with Crippen molar-refractivity contribution in [2.45, 2.75) is 68.4 Å². The highest BCUT2D eigenvalue weighted by molar-refractivity contribution is 7.99. The monoisotopic (exact) mass is 298 g/mol. The van der Waals surface area contributed by atoms with Crippen molar-refractivity contribution in [3.63, 3.8) is 0 Å². The molecule has 0 atom stereocenters. The molecule has 0 N–H and O–H groups in total. The molecule has 3 heteroatoms. The summed E-state index contributed by atoms with van der Waals surface area (Å²) >= 11 is 0.630. The summed E-state index contributed by atoms with van der Waals surface area (Å²) in [7, 11) is 0. The zero-order valence-electron chi connectivity index (χ0n) is 12.2. The van der Waals surface area contributed by atoms with Crippen molar-refractivity contribution < 1.29 is 8.78 Å². The Labute approximate surface area is 125 Å². The lowest BCUT2D eigenvalue weighted by Gasteiger charge is -2.28. The van der Waals surface area contributed by atoms with Crippen LogP contribution in [0, 0.1) is 5.92 Å². The molecule has 0 heterocycles. The third-order valence-corrected chi connectivity index (χ3v) is 5.11. The molecule has 2 rings (SSSR count). The fraction of sp³-hybridized carbons (Fsp3) is 0.647. The van der Waals surface area contributed by atoms with Gasteiger partial charge in [-0.2, -0.15) is 8.78 Å². The van der Waals surface area contributed by atoms with E-state index in [9.17, 15) is 8.78 Å². The van der Waals surface area contributed by atoms with E-state index >= 15 is 0 Å². The van der Waals surface area contributed by atoms with Crippen LogP contribution < -0.4 is 0 Å². The molecule has 1 saturated carbocycles. The molecule has 0 amide bonds. The minimum absolute atomic E-state index is 0.630. The smallest absolute Gasteiger partial charge is 0.198 e. The Balaban J connectivity index is 1.84. The molecule has 0 aliphatic heterocycles. The van der Waals surface area contributed by atoms with Crippen molar-refractivity contribution in [3.8, 4) is 0 Å². The number of rotatable bonds is 6. The molecular formula is C17H24F2S. The molecular weight excluding hydrogens is 274 g/mol. The second kappa shape index (κ2) is 8.02. The summed E-state index contributed by atoms with van der Waals surface area (Å²) in [5, 5.41) is 0. The molecule has 1 fully saturated rings. The van der Waals surface area contributed by atoms with E-state index in [1.165, 1.54) is 50.5 Å². The number of hydrogen-bond donors (Lipinski definition) is 0. The van der Waals surface area contributed by atoms with Gasteiger partial charge in [0.1, 0.15) is 0 Å². The van der Waals surface area contributed by atoms with E-state index in [-0.39, 0.29) is 0 Å². The highest BCUT2D eigenvalue weighted by atomic mass is 32.2. The maximum Gasteiger partial charge on any atom is 0.288 e. The molecule has 0 aromatic heterocycles. The van der Waals surface area contributed by atoms with Gasteiger partial charge in [-0.3, -0.25) is 0 Å². The van der Waals surface area contributed by atoms with Crippen LogP contribution in [0.4, 0.5) is 8.78 Å². The molecule has 1 aliphatic carbocycles. The fourth-order valence-electron chi connectivity index (χ4n) is 3.20. The highest BCUT2D eigenvalue weighted by Crippen LogP contribution is 2.38. The Morgan fingerprint density at radius 2 is 1.75 bits per heavy atom. The van der Waals surface area contributed by atoms with Crippen molar-refractivity contribution >= 4 is 11.8 Å². The lowest BCUT2D eigenvalue weighted by molar-refractivity contribution is 0.252. The van der Waals surface area contributed by atoms with Crippen LogP contribution in [0.5, 0.6) is 0 Å². The van der Waals surface area contributed by atoms with Crippen molar-refractivity contribution in [1.29, 1.82) is 0 Å². The van der Waals surface area contributed by atoms with Crippen LogP contribution in [0.3, 0.4) is 0 Å². The molecule has 112 valence electrons. The van der Waals surface area contributed by atoms with Crippen LogP contribution in [0.15, 0.2) is 29.2 Å². The Morgan fingerprint density at radius 3 is 2.30 bits per heavy atom. The predicted octanol–water partition coefficient (Wildman–Crippen LogP) is 6.47. The SMILES string of the molecule is CCCC[C@H]1CC[C@H](c2ccc(SC(F)F)cc2)CC1. The quantitative estimate of drug-likeness (QED) is 0.543. The van der Waals surface area contributed by atoms with Crippen molar-refractivity contribution in [2.75, 3.05) is 0 Å². The van der Waals surface area contributed by atoms with E-state index in [0.717, 1.165) is 5.92 Å². The number of hydrogen-bond acceptors (Lipinski definition) is 1. The van der Waals surface area contributed by atoms with Gasteiger partial charge in [0.15, 0.2) is 0 Å². The molecule has 20 heavy (non-hydrogen) atoms. The second-order valence-electron chi connectivity index (χ2n) is 5.81. The summed E-state index contributed by atoms with van der Waals surface area (Å²) in [6, 6.07) is 7.77. The largest absolute Gasteiger partial charge is 0.288 e. The van der Waals surface area contributed by atoms with Crippen molar-refractivity contribution in [3.05, 3.63) is 29.8 Å². The average Bonchev–Trinajstić information content (AvgIpc) is 2.46. The summed E-state index contributed by atoms with van der Waals surface area (Å²) in [4.78, 5) is 0.667. The van der Waals surface area contributed by atoms with Gasteiger partial charge in [0, 0.05) is 4.90 Å². The standard InChI is InChI=1S/C17H24F2S/c1-2-3-4-13-5-7-14(8-6-13)15-9-11-16(12-10-15)20-17(18)19/h9-14,17H,2-8H2,1H3/t13-,14-. The Hall–Kier alpha value is -0.570. The molecule has 0 nitrogen and oxygen atoms in total. The van der Waals surface area contributed by atoms with Gasteiger partial charge in [-0.05, 0) is 55.2 Å². The van der Waals surface area contributed by atoms with Gasteiger partial charge in [-0.15, -0.1) is 0 Å². The van der Waals surface area contributed by atoms with Crippen molar-refractivity contribution in [1.82, 2.24) is 0 Å². The van der Waals surface area contributed by atoms with Crippen molar-refractivity contribution in [2.24, 2.45) is 5.92 Å². The molecule has 0 bridgehead atoms. The van der Waals surface area contributed by atoms with E-state index in [1.54, 1.807) is 0 Å². The molecule has 1 aromatic rings. The summed E-state index contributed by atoms with van der Waals surface area (Å²) < 4.78 is 24.6. The summed E-state index contributed by atoms with van der Waals surface area (Å²) in [5.74, 6) is -0.770. The summed E-state index contributed by atoms with van der Waals surface area (Å²) in [6.07, 6.45) is 9.22. The molecule has 0 unspecified atom stereocenters. The zero-order valence-corrected chi connectivity index (χ0v) is 13.0. The Bertz CT molecular complexity index is 380. The number of halogens is 2. The first-order valence-corrected chi connectivity index (χ1v) is 8.61. The van der Waals surface area contributed by atoms with Crippen LogP contribution >= 0.6 is 11.8 Å². The zero-order chi connectivity index (χ0) is 14.4. The topological polar surface area (TPSA) is 0 Å². The first kappa shape index (κ1) is 15.8. The normalized spacial score (nSPS) is 23.2. The predicted molar refractivity (Wildman–Crippen MR) is 82.5 cm³/mol. The minimum atomic E-state index is -2.32.